The van der Waals surface area contributed by atoms with Crippen molar-refractivity contribution in [2.24, 2.45) is 5.92 Å². The van der Waals surface area contributed by atoms with Gasteiger partial charge in [0.1, 0.15) is 0 Å². The van der Waals surface area contributed by atoms with Crippen LogP contribution < -0.4 is 5.32 Å². The molecular weight excluding hydrogens is 240 g/mol. The van der Waals surface area contributed by atoms with E-state index in [9.17, 15) is 9.59 Å². The minimum atomic E-state index is -0.264. The van der Waals surface area contributed by atoms with E-state index in [-0.39, 0.29) is 17.9 Å². The van der Waals surface area contributed by atoms with Crippen LogP contribution in [0.25, 0.3) is 0 Å². The van der Waals surface area contributed by atoms with E-state index in [1.54, 1.807) is 0 Å². The van der Waals surface area contributed by atoms with Crippen molar-refractivity contribution in [3.63, 3.8) is 0 Å². The zero-order valence-electron chi connectivity index (χ0n) is 12.2. The number of carbonyl (C=O) groups excluding carboxylic acids is 2. The van der Waals surface area contributed by atoms with Crippen LogP contribution in [-0.2, 0) is 9.59 Å². The van der Waals surface area contributed by atoms with Gasteiger partial charge in [0.05, 0.1) is 12.5 Å². The first kappa shape index (κ1) is 14.5. The predicted octanol–water partition coefficient (Wildman–Crippen LogP) is 2.08. The predicted molar refractivity (Wildman–Crippen MR) is 74.6 cm³/mol. The normalized spacial score (nSPS) is 32.1. The molecule has 2 rings (SSSR count). The number of rotatable bonds is 5. The van der Waals surface area contributed by atoms with Crippen LogP contribution in [0.5, 0.6) is 0 Å². The first-order valence-electron chi connectivity index (χ1n) is 7.75. The molecule has 4 heteroatoms. The molecule has 2 fully saturated rings. The van der Waals surface area contributed by atoms with E-state index in [1.807, 2.05) is 6.92 Å². The molecule has 0 aromatic heterocycles. The summed E-state index contributed by atoms with van der Waals surface area (Å²) in [6.45, 7) is 4.80. The van der Waals surface area contributed by atoms with Crippen LogP contribution in [0.3, 0.4) is 0 Å². The molecule has 0 bridgehead atoms. The average Bonchev–Trinajstić information content (AvgIpc) is 2.67. The van der Waals surface area contributed by atoms with Crippen molar-refractivity contribution in [1.29, 1.82) is 0 Å². The van der Waals surface area contributed by atoms with E-state index in [1.165, 1.54) is 24.2 Å². The molecule has 19 heavy (non-hydrogen) atoms. The summed E-state index contributed by atoms with van der Waals surface area (Å²) in [6, 6.07) is 0.154. The lowest BCUT2D eigenvalue weighted by Gasteiger charge is -2.30. The standard InChI is InChI=1S/C15H26N2O2/c1-3-8-17-14(18)10-13(15(17)19)16-12-7-5-6-11(4-2)9-12/h11-13,16H,3-10H2,1-2H3. The topological polar surface area (TPSA) is 49.4 Å². The van der Waals surface area contributed by atoms with Crippen molar-refractivity contribution in [1.82, 2.24) is 10.2 Å². The molecule has 0 aromatic rings. The maximum Gasteiger partial charge on any atom is 0.246 e. The highest BCUT2D eigenvalue weighted by Gasteiger charge is 2.39. The number of likely N-dealkylation sites (tertiary alicyclic amines) is 1. The second kappa shape index (κ2) is 6.51. The largest absolute Gasteiger partial charge is 0.303 e. The van der Waals surface area contributed by atoms with Crippen LogP contribution in [-0.4, -0.2) is 35.3 Å². The van der Waals surface area contributed by atoms with E-state index in [4.69, 9.17) is 0 Å². The maximum absolute atomic E-state index is 12.2. The van der Waals surface area contributed by atoms with E-state index in [0.29, 0.717) is 19.0 Å². The summed E-state index contributed by atoms with van der Waals surface area (Å²) >= 11 is 0. The van der Waals surface area contributed by atoms with Gasteiger partial charge in [0.2, 0.25) is 11.8 Å². The van der Waals surface area contributed by atoms with Crippen LogP contribution in [0, 0.1) is 5.92 Å². The Hall–Kier alpha value is -0.900. The summed E-state index contributed by atoms with van der Waals surface area (Å²) in [5, 5.41) is 3.44. The number of carbonyl (C=O) groups is 2. The fourth-order valence-corrected chi connectivity index (χ4v) is 3.37. The molecule has 3 atom stereocenters. The number of imide groups is 1. The van der Waals surface area contributed by atoms with Gasteiger partial charge in [0.15, 0.2) is 0 Å². The van der Waals surface area contributed by atoms with E-state index < -0.39 is 0 Å². The van der Waals surface area contributed by atoms with Gasteiger partial charge < -0.3 is 5.32 Å². The van der Waals surface area contributed by atoms with Crippen molar-refractivity contribution in [3.05, 3.63) is 0 Å². The Morgan fingerprint density at radius 3 is 2.74 bits per heavy atom. The van der Waals surface area contributed by atoms with Gasteiger partial charge in [-0.2, -0.15) is 0 Å². The van der Waals surface area contributed by atoms with Gasteiger partial charge in [0, 0.05) is 12.6 Å². The molecule has 0 spiro atoms. The second-order valence-corrected chi connectivity index (χ2v) is 5.94. The molecule has 0 radical (unpaired) electrons. The lowest BCUT2D eigenvalue weighted by Crippen LogP contribution is -2.45. The Kier molecular flexibility index (Phi) is 4.97. The SMILES string of the molecule is CCCN1C(=O)CC(NC2CCCC(CC)C2)C1=O. The number of hydrogen-bond acceptors (Lipinski definition) is 3. The Labute approximate surface area is 115 Å². The van der Waals surface area contributed by atoms with Gasteiger partial charge in [-0.15, -0.1) is 0 Å². The molecule has 1 saturated heterocycles. The molecule has 4 nitrogen and oxygen atoms in total. The van der Waals surface area contributed by atoms with Crippen LogP contribution in [0.4, 0.5) is 0 Å². The van der Waals surface area contributed by atoms with Crippen LogP contribution in [0.1, 0.15) is 58.8 Å². The summed E-state index contributed by atoms with van der Waals surface area (Å²) in [7, 11) is 0. The highest BCUT2D eigenvalue weighted by Crippen LogP contribution is 2.27. The third-order valence-corrected chi connectivity index (χ3v) is 4.49. The quantitative estimate of drug-likeness (QED) is 0.775. The summed E-state index contributed by atoms with van der Waals surface area (Å²) in [5.74, 6) is 0.767. The number of amides is 2. The first-order valence-corrected chi connectivity index (χ1v) is 7.75. The smallest absolute Gasteiger partial charge is 0.246 e. The lowest BCUT2D eigenvalue weighted by atomic mass is 9.84. The Bertz CT molecular complexity index is 343. The van der Waals surface area contributed by atoms with E-state index >= 15 is 0 Å². The molecule has 2 amide bonds. The molecule has 1 N–H and O–H groups in total. The highest BCUT2D eigenvalue weighted by molar-refractivity contribution is 6.05. The number of nitrogens with one attached hydrogen (secondary N) is 1. The van der Waals surface area contributed by atoms with Crippen molar-refractivity contribution >= 4 is 11.8 Å². The summed E-state index contributed by atoms with van der Waals surface area (Å²) < 4.78 is 0. The Balaban J connectivity index is 1.89. The van der Waals surface area contributed by atoms with Crippen molar-refractivity contribution < 1.29 is 9.59 Å². The number of hydrogen-bond donors (Lipinski definition) is 1. The van der Waals surface area contributed by atoms with Crippen molar-refractivity contribution in [2.75, 3.05) is 6.54 Å². The zero-order valence-corrected chi connectivity index (χ0v) is 12.2. The lowest BCUT2D eigenvalue weighted by molar-refractivity contribution is -0.138. The van der Waals surface area contributed by atoms with Gasteiger partial charge in [-0.05, 0) is 25.2 Å². The van der Waals surface area contributed by atoms with Crippen molar-refractivity contribution in [2.45, 2.75) is 70.9 Å². The fourth-order valence-electron chi connectivity index (χ4n) is 3.37. The average molecular weight is 266 g/mol. The number of nitrogens with zero attached hydrogens (tertiary/aromatic N) is 1. The van der Waals surface area contributed by atoms with Gasteiger partial charge in [0.25, 0.3) is 0 Å². The van der Waals surface area contributed by atoms with Gasteiger partial charge in [-0.1, -0.05) is 33.1 Å². The zero-order chi connectivity index (χ0) is 13.8. The van der Waals surface area contributed by atoms with E-state index in [2.05, 4.69) is 12.2 Å². The Morgan fingerprint density at radius 2 is 2.05 bits per heavy atom. The Morgan fingerprint density at radius 1 is 1.26 bits per heavy atom. The molecule has 108 valence electrons. The molecule has 1 aliphatic heterocycles. The summed E-state index contributed by atoms with van der Waals surface area (Å²) in [6.07, 6.45) is 7.26. The maximum atomic E-state index is 12.2. The third kappa shape index (κ3) is 3.35. The first-order chi connectivity index (χ1) is 9.15. The van der Waals surface area contributed by atoms with Gasteiger partial charge >= 0.3 is 0 Å². The highest BCUT2D eigenvalue weighted by atomic mass is 16.2. The molecule has 0 aromatic carbocycles. The fraction of sp³-hybridized carbons (Fsp3) is 0.867. The summed E-state index contributed by atoms with van der Waals surface area (Å²) in [4.78, 5) is 25.4. The van der Waals surface area contributed by atoms with E-state index in [0.717, 1.165) is 25.2 Å². The van der Waals surface area contributed by atoms with Crippen molar-refractivity contribution in [3.8, 4) is 0 Å². The minimum absolute atomic E-state index is 0.00722. The summed E-state index contributed by atoms with van der Waals surface area (Å²) in [5.41, 5.74) is 0. The van der Waals surface area contributed by atoms with Crippen LogP contribution in [0.15, 0.2) is 0 Å². The molecular formula is C15H26N2O2. The molecule has 3 unspecified atom stereocenters. The monoisotopic (exact) mass is 266 g/mol. The third-order valence-electron chi connectivity index (χ3n) is 4.49. The molecule has 1 saturated carbocycles. The van der Waals surface area contributed by atoms with Crippen LogP contribution >= 0.6 is 0 Å². The minimum Gasteiger partial charge on any atom is -0.303 e. The molecule has 1 heterocycles. The second-order valence-electron chi connectivity index (χ2n) is 5.94. The van der Waals surface area contributed by atoms with Gasteiger partial charge in [-0.25, -0.2) is 0 Å². The molecule has 2 aliphatic rings. The van der Waals surface area contributed by atoms with Gasteiger partial charge in [-0.3, -0.25) is 14.5 Å². The van der Waals surface area contributed by atoms with Crippen LogP contribution in [0.2, 0.25) is 0 Å². The molecule has 1 aliphatic carbocycles.